The van der Waals surface area contributed by atoms with E-state index >= 15 is 0 Å². The number of nitrogens with one attached hydrogen (secondary N) is 1. The Hall–Kier alpha value is -0.790. The maximum atomic E-state index is 12.5. The fraction of sp³-hybridized carbons (Fsp3) is 0.286. The number of thiophene rings is 1. The summed E-state index contributed by atoms with van der Waals surface area (Å²) in [6.07, 6.45) is 2.55. The average molecular weight is 377 g/mol. The lowest BCUT2D eigenvalue weighted by atomic mass is 9.88. The molecule has 3 rings (SSSR count). The zero-order valence-corrected chi connectivity index (χ0v) is 14.6. The van der Waals surface area contributed by atoms with Crippen LogP contribution in [0, 0.1) is 0 Å². The molecule has 3 N–H and O–H groups in total. The molecule has 0 saturated carbocycles. The van der Waals surface area contributed by atoms with Gasteiger partial charge < -0.3 is 5.73 Å². The van der Waals surface area contributed by atoms with E-state index in [2.05, 4.69) is 4.72 Å². The first kappa shape index (κ1) is 16.1. The van der Waals surface area contributed by atoms with Gasteiger partial charge in [0.05, 0.1) is 4.34 Å². The molecule has 1 aromatic heterocycles. The van der Waals surface area contributed by atoms with Gasteiger partial charge in [0.25, 0.3) is 0 Å². The van der Waals surface area contributed by atoms with Crippen LogP contribution in [-0.4, -0.2) is 8.42 Å². The van der Waals surface area contributed by atoms with E-state index in [0.717, 1.165) is 41.7 Å². The summed E-state index contributed by atoms with van der Waals surface area (Å²) in [6.45, 7) is 0. The van der Waals surface area contributed by atoms with Crippen LogP contribution in [0.25, 0.3) is 0 Å². The molecule has 0 bridgehead atoms. The summed E-state index contributed by atoms with van der Waals surface area (Å²) in [5.41, 5.74) is 8.55. The summed E-state index contributed by atoms with van der Waals surface area (Å²) in [6, 6.07) is 6.69. The second kappa shape index (κ2) is 6.02. The monoisotopic (exact) mass is 376 g/mol. The number of hydrogen-bond donors (Lipinski definition) is 2. The lowest BCUT2D eigenvalue weighted by Crippen LogP contribution is -2.31. The zero-order valence-electron chi connectivity index (χ0n) is 11.5. The van der Waals surface area contributed by atoms with E-state index < -0.39 is 10.0 Å². The van der Waals surface area contributed by atoms with Gasteiger partial charge in [-0.25, -0.2) is 13.1 Å². The topological polar surface area (TPSA) is 72.2 Å². The molecule has 0 aliphatic heterocycles. The molecule has 8 heteroatoms. The second-order valence-electron chi connectivity index (χ2n) is 5.21. The summed E-state index contributed by atoms with van der Waals surface area (Å²) < 4.78 is 28.3. The molecule has 22 heavy (non-hydrogen) atoms. The normalized spacial score (nSPS) is 18.2. The van der Waals surface area contributed by atoms with Gasteiger partial charge in [-0.05, 0) is 48.6 Å². The third-order valence-electron chi connectivity index (χ3n) is 3.69. The Morgan fingerprint density at radius 3 is 2.73 bits per heavy atom. The molecule has 118 valence electrons. The largest absolute Gasteiger partial charge is 0.399 e. The minimum atomic E-state index is -3.71. The van der Waals surface area contributed by atoms with Gasteiger partial charge in [0.1, 0.15) is 9.23 Å². The molecular weight excluding hydrogens is 363 g/mol. The standard InChI is InChI=1S/C14H14Cl2N2O2S2/c15-13-7-12(14(16)21-13)22(19,20)18-11-3-1-2-8-6-9(17)4-5-10(8)11/h4-7,11,18H,1-3,17H2. The quantitative estimate of drug-likeness (QED) is 0.795. The van der Waals surface area contributed by atoms with Crippen LogP contribution in [0.15, 0.2) is 29.2 Å². The smallest absolute Gasteiger partial charge is 0.243 e. The highest BCUT2D eigenvalue weighted by molar-refractivity contribution is 7.89. The molecule has 0 fully saturated rings. The molecule has 1 aliphatic rings. The van der Waals surface area contributed by atoms with Crippen LogP contribution in [-0.2, 0) is 16.4 Å². The molecule has 1 atom stereocenters. The highest BCUT2D eigenvalue weighted by atomic mass is 35.5. The Kier molecular flexibility index (Phi) is 4.40. The number of aryl methyl sites for hydroxylation is 1. The predicted molar refractivity (Wildman–Crippen MR) is 91.2 cm³/mol. The highest BCUT2D eigenvalue weighted by Gasteiger charge is 2.28. The summed E-state index contributed by atoms with van der Waals surface area (Å²) in [7, 11) is -3.71. The molecular formula is C14H14Cl2N2O2S2. The summed E-state index contributed by atoms with van der Waals surface area (Å²) in [5, 5.41) is 0. The molecule has 0 radical (unpaired) electrons. The highest BCUT2D eigenvalue weighted by Crippen LogP contribution is 2.36. The number of fused-ring (bicyclic) bond motifs is 1. The number of sulfonamides is 1. The predicted octanol–water partition coefficient (Wildman–Crippen LogP) is 3.99. The number of nitrogen functional groups attached to an aromatic ring is 1. The van der Waals surface area contributed by atoms with Crippen LogP contribution in [0.3, 0.4) is 0 Å². The van der Waals surface area contributed by atoms with Gasteiger partial charge in [-0.1, -0.05) is 29.3 Å². The van der Waals surface area contributed by atoms with Gasteiger partial charge in [-0.3, -0.25) is 0 Å². The minimum absolute atomic E-state index is 0.0340. The van der Waals surface area contributed by atoms with Gasteiger partial charge in [0, 0.05) is 11.7 Å². The Labute approximate surface area is 143 Å². The third-order valence-corrected chi connectivity index (χ3v) is 6.92. The molecule has 1 aromatic carbocycles. The van der Waals surface area contributed by atoms with Crippen molar-refractivity contribution >= 4 is 50.2 Å². The third kappa shape index (κ3) is 3.12. The van der Waals surface area contributed by atoms with E-state index in [4.69, 9.17) is 28.9 Å². The minimum Gasteiger partial charge on any atom is -0.399 e. The van der Waals surface area contributed by atoms with Gasteiger partial charge in [-0.2, -0.15) is 0 Å². The fourth-order valence-electron chi connectivity index (χ4n) is 2.72. The van der Waals surface area contributed by atoms with Crippen LogP contribution < -0.4 is 10.5 Å². The van der Waals surface area contributed by atoms with Crippen LogP contribution in [0.4, 0.5) is 5.69 Å². The Bertz CT molecular complexity index is 818. The van der Waals surface area contributed by atoms with E-state index in [1.165, 1.54) is 6.07 Å². The van der Waals surface area contributed by atoms with E-state index in [1.54, 1.807) is 6.07 Å². The van der Waals surface area contributed by atoms with Crippen LogP contribution in [0.5, 0.6) is 0 Å². The molecule has 1 unspecified atom stereocenters. The first-order valence-electron chi connectivity index (χ1n) is 6.72. The fourth-order valence-corrected chi connectivity index (χ4v) is 6.12. The summed E-state index contributed by atoms with van der Waals surface area (Å²) in [4.78, 5) is 0.0340. The number of nitrogens with two attached hydrogens (primary N) is 1. The molecule has 4 nitrogen and oxygen atoms in total. The van der Waals surface area contributed by atoms with Gasteiger partial charge in [0.15, 0.2) is 0 Å². The van der Waals surface area contributed by atoms with Crippen LogP contribution in [0.2, 0.25) is 8.67 Å². The second-order valence-corrected chi connectivity index (χ2v) is 9.18. The SMILES string of the molecule is Nc1ccc2c(c1)CCCC2NS(=O)(=O)c1cc(Cl)sc1Cl. The molecule has 1 heterocycles. The van der Waals surface area contributed by atoms with Crippen molar-refractivity contribution in [3.05, 3.63) is 44.1 Å². The molecule has 2 aromatic rings. The van der Waals surface area contributed by atoms with Crippen molar-refractivity contribution < 1.29 is 8.42 Å². The van der Waals surface area contributed by atoms with E-state index in [0.29, 0.717) is 10.0 Å². The number of hydrogen-bond acceptors (Lipinski definition) is 4. The van der Waals surface area contributed by atoms with Crippen molar-refractivity contribution in [2.75, 3.05) is 5.73 Å². The van der Waals surface area contributed by atoms with Gasteiger partial charge in [-0.15, -0.1) is 11.3 Å². The van der Waals surface area contributed by atoms with Crippen LogP contribution >= 0.6 is 34.5 Å². The maximum Gasteiger partial charge on any atom is 0.243 e. The van der Waals surface area contributed by atoms with E-state index in [1.807, 2.05) is 12.1 Å². The average Bonchev–Trinajstić information content (AvgIpc) is 2.78. The number of anilines is 1. The van der Waals surface area contributed by atoms with Crippen molar-refractivity contribution in [2.24, 2.45) is 0 Å². The maximum absolute atomic E-state index is 12.5. The Balaban J connectivity index is 1.93. The molecule has 0 saturated heterocycles. The number of halogens is 2. The summed E-state index contributed by atoms with van der Waals surface area (Å²) >= 11 is 12.8. The van der Waals surface area contributed by atoms with Crippen molar-refractivity contribution in [1.82, 2.24) is 4.72 Å². The lowest BCUT2D eigenvalue weighted by molar-refractivity contribution is 0.507. The number of benzene rings is 1. The first-order valence-corrected chi connectivity index (χ1v) is 9.78. The Morgan fingerprint density at radius 2 is 2.05 bits per heavy atom. The summed E-state index contributed by atoms with van der Waals surface area (Å²) in [5.74, 6) is 0. The first-order chi connectivity index (χ1) is 10.4. The van der Waals surface area contributed by atoms with Gasteiger partial charge in [0.2, 0.25) is 10.0 Å². The molecule has 1 aliphatic carbocycles. The molecule has 0 spiro atoms. The van der Waals surface area contributed by atoms with Crippen molar-refractivity contribution in [3.8, 4) is 0 Å². The van der Waals surface area contributed by atoms with E-state index in [9.17, 15) is 8.42 Å². The van der Waals surface area contributed by atoms with E-state index in [-0.39, 0.29) is 15.3 Å². The van der Waals surface area contributed by atoms with Crippen molar-refractivity contribution in [2.45, 2.75) is 30.2 Å². The Morgan fingerprint density at radius 1 is 1.27 bits per heavy atom. The van der Waals surface area contributed by atoms with Crippen molar-refractivity contribution in [3.63, 3.8) is 0 Å². The molecule has 0 amide bonds. The van der Waals surface area contributed by atoms with Crippen LogP contribution in [0.1, 0.15) is 30.0 Å². The van der Waals surface area contributed by atoms with Crippen molar-refractivity contribution in [1.29, 1.82) is 0 Å². The number of rotatable bonds is 3. The van der Waals surface area contributed by atoms with Gasteiger partial charge >= 0.3 is 0 Å². The zero-order chi connectivity index (χ0) is 15.9. The lowest BCUT2D eigenvalue weighted by Gasteiger charge is -2.26.